The lowest BCUT2D eigenvalue weighted by Crippen LogP contribution is -2.50. The van der Waals surface area contributed by atoms with Gasteiger partial charge in [-0.2, -0.15) is 5.10 Å². The highest BCUT2D eigenvalue weighted by atomic mass is 79.9. The molecule has 1 aromatic carbocycles. The highest BCUT2D eigenvalue weighted by Crippen LogP contribution is 2.21. The molecule has 152 valence electrons. The van der Waals surface area contributed by atoms with Gasteiger partial charge in [0.25, 0.3) is 0 Å². The van der Waals surface area contributed by atoms with Crippen molar-refractivity contribution in [3.8, 4) is 0 Å². The van der Waals surface area contributed by atoms with E-state index < -0.39 is 11.6 Å². The minimum Gasteiger partial charge on any atom is -0.340 e. The minimum atomic E-state index is -0.823. The summed E-state index contributed by atoms with van der Waals surface area (Å²) >= 11 is 3.51. The van der Waals surface area contributed by atoms with Crippen LogP contribution in [0.5, 0.6) is 0 Å². The molecule has 1 saturated heterocycles. The Labute approximate surface area is 172 Å². The predicted octanol–water partition coefficient (Wildman–Crippen LogP) is 3.52. The molecule has 28 heavy (non-hydrogen) atoms. The molecule has 1 aromatic heterocycles. The van der Waals surface area contributed by atoms with Gasteiger partial charge in [0.15, 0.2) is 11.6 Å². The largest absolute Gasteiger partial charge is 0.340 e. The number of amides is 1. The van der Waals surface area contributed by atoms with Gasteiger partial charge in [-0.3, -0.25) is 14.4 Å². The molecule has 2 aromatic rings. The molecule has 2 heterocycles. The molecule has 0 spiro atoms. The topological polar surface area (TPSA) is 41.4 Å². The first-order chi connectivity index (χ1) is 13.3. The van der Waals surface area contributed by atoms with Crippen LogP contribution in [-0.4, -0.2) is 51.7 Å². The molecular weight excluding hydrogens is 430 g/mol. The van der Waals surface area contributed by atoms with Gasteiger partial charge in [-0.05, 0) is 35.8 Å². The number of benzene rings is 1. The molecule has 8 heteroatoms. The smallest absolute Gasteiger partial charge is 0.227 e. The van der Waals surface area contributed by atoms with Gasteiger partial charge in [0.1, 0.15) is 0 Å². The van der Waals surface area contributed by atoms with Gasteiger partial charge in [0.05, 0.1) is 22.6 Å². The van der Waals surface area contributed by atoms with Gasteiger partial charge in [-0.1, -0.05) is 19.1 Å². The number of aryl methyl sites for hydroxylation is 1. The third-order valence-corrected chi connectivity index (χ3v) is 6.42. The number of piperazine rings is 1. The molecule has 0 N–H and O–H groups in total. The van der Waals surface area contributed by atoms with Crippen LogP contribution in [0.15, 0.2) is 22.7 Å². The van der Waals surface area contributed by atoms with Crippen molar-refractivity contribution in [1.29, 1.82) is 0 Å². The molecule has 0 aliphatic carbocycles. The summed E-state index contributed by atoms with van der Waals surface area (Å²) in [6, 6.07) is 4.25. The van der Waals surface area contributed by atoms with Crippen molar-refractivity contribution in [2.24, 2.45) is 5.92 Å². The van der Waals surface area contributed by atoms with Crippen molar-refractivity contribution < 1.29 is 13.6 Å². The van der Waals surface area contributed by atoms with E-state index in [4.69, 9.17) is 0 Å². The Kier molecular flexibility index (Phi) is 6.50. The number of carbonyl (C=O) groups is 1. The van der Waals surface area contributed by atoms with Crippen LogP contribution in [0.2, 0.25) is 0 Å². The lowest BCUT2D eigenvalue weighted by molar-refractivity contribution is -0.137. The van der Waals surface area contributed by atoms with E-state index in [1.807, 2.05) is 35.3 Å². The average molecular weight is 455 g/mol. The van der Waals surface area contributed by atoms with Crippen molar-refractivity contribution in [2.75, 3.05) is 26.2 Å². The van der Waals surface area contributed by atoms with Gasteiger partial charge < -0.3 is 4.90 Å². The molecule has 1 unspecified atom stereocenters. The summed E-state index contributed by atoms with van der Waals surface area (Å²) in [7, 11) is 0. The number of hydrogen-bond acceptors (Lipinski definition) is 3. The monoisotopic (exact) mass is 454 g/mol. The maximum atomic E-state index is 13.9. The summed E-state index contributed by atoms with van der Waals surface area (Å²) < 4.78 is 30.1. The lowest BCUT2D eigenvalue weighted by Gasteiger charge is -2.36. The Morgan fingerprint density at radius 2 is 1.89 bits per heavy atom. The first-order valence-electron chi connectivity index (χ1n) is 9.41. The number of hydrogen-bond donors (Lipinski definition) is 0. The molecule has 5 nitrogen and oxygen atoms in total. The van der Waals surface area contributed by atoms with E-state index in [0.29, 0.717) is 44.8 Å². The van der Waals surface area contributed by atoms with E-state index in [1.165, 1.54) is 6.07 Å². The van der Waals surface area contributed by atoms with Crippen LogP contribution in [0.4, 0.5) is 8.78 Å². The van der Waals surface area contributed by atoms with E-state index in [9.17, 15) is 13.6 Å². The SMILES string of the molecule is Cc1nn(CC(C)C(=O)N2CCN(Cc3cccc(F)c3F)CC2)c(C)c1Br. The van der Waals surface area contributed by atoms with Crippen LogP contribution >= 0.6 is 15.9 Å². The summed E-state index contributed by atoms with van der Waals surface area (Å²) in [6.07, 6.45) is 0. The summed E-state index contributed by atoms with van der Waals surface area (Å²) in [6.45, 7) is 9.15. The summed E-state index contributed by atoms with van der Waals surface area (Å²) in [5.74, 6) is -1.70. The quantitative estimate of drug-likeness (QED) is 0.693. The Balaban J connectivity index is 1.54. The van der Waals surface area contributed by atoms with Gasteiger partial charge in [0, 0.05) is 44.0 Å². The van der Waals surface area contributed by atoms with Crippen LogP contribution in [0.25, 0.3) is 0 Å². The zero-order valence-electron chi connectivity index (χ0n) is 16.4. The molecule has 0 bridgehead atoms. The summed E-state index contributed by atoms with van der Waals surface area (Å²) in [4.78, 5) is 16.7. The number of rotatable bonds is 5. The number of nitrogens with zero attached hydrogens (tertiary/aromatic N) is 4. The standard InChI is InChI=1S/C20H25BrF2N4O/c1-13(11-27-15(3)18(21)14(2)24-27)20(28)26-9-7-25(8-10-26)12-16-5-4-6-17(22)19(16)23/h4-6,13H,7-12H2,1-3H3. The normalized spacial score (nSPS) is 16.4. The fourth-order valence-electron chi connectivity index (χ4n) is 3.54. The summed E-state index contributed by atoms with van der Waals surface area (Å²) in [5.41, 5.74) is 2.28. The van der Waals surface area contributed by atoms with E-state index in [1.54, 1.807) is 6.07 Å². The van der Waals surface area contributed by atoms with E-state index in [-0.39, 0.29) is 11.8 Å². The third-order valence-electron chi connectivity index (χ3n) is 5.27. The molecule has 1 aliphatic heterocycles. The van der Waals surface area contributed by atoms with E-state index >= 15 is 0 Å². The van der Waals surface area contributed by atoms with Gasteiger partial charge in [-0.25, -0.2) is 8.78 Å². The number of carbonyl (C=O) groups excluding carboxylic acids is 1. The maximum Gasteiger partial charge on any atom is 0.227 e. The van der Waals surface area contributed by atoms with Crippen molar-refractivity contribution in [3.63, 3.8) is 0 Å². The molecule has 1 atom stereocenters. The van der Waals surface area contributed by atoms with Crippen molar-refractivity contribution in [2.45, 2.75) is 33.9 Å². The van der Waals surface area contributed by atoms with Crippen molar-refractivity contribution >= 4 is 21.8 Å². The zero-order chi connectivity index (χ0) is 20.4. The number of aromatic nitrogens is 2. The van der Waals surface area contributed by atoms with Crippen LogP contribution in [0, 0.1) is 31.4 Å². The lowest BCUT2D eigenvalue weighted by atomic mass is 10.1. The molecule has 0 radical (unpaired) electrons. The Hall–Kier alpha value is -1.80. The summed E-state index contributed by atoms with van der Waals surface area (Å²) in [5, 5.41) is 4.48. The molecule has 3 rings (SSSR count). The molecule has 1 fully saturated rings. The average Bonchev–Trinajstić information content (AvgIpc) is 2.92. The van der Waals surface area contributed by atoms with Crippen LogP contribution in [-0.2, 0) is 17.9 Å². The van der Waals surface area contributed by atoms with E-state index in [0.717, 1.165) is 21.9 Å². The van der Waals surface area contributed by atoms with Crippen molar-refractivity contribution in [3.05, 3.63) is 51.3 Å². The molecule has 1 amide bonds. The van der Waals surface area contributed by atoms with Gasteiger partial charge >= 0.3 is 0 Å². The molecule has 0 saturated carbocycles. The molecular formula is C20H25BrF2N4O. The van der Waals surface area contributed by atoms with Gasteiger partial charge in [-0.15, -0.1) is 0 Å². The Bertz CT molecular complexity index is 862. The fraction of sp³-hybridized carbons (Fsp3) is 0.500. The first kappa shape index (κ1) is 20.9. The van der Waals surface area contributed by atoms with Gasteiger partial charge in [0.2, 0.25) is 5.91 Å². The number of halogens is 3. The Morgan fingerprint density at radius 3 is 2.50 bits per heavy atom. The second-order valence-electron chi connectivity index (χ2n) is 7.38. The van der Waals surface area contributed by atoms with E-state index in [2.05, 4.69) is 21.0 Å². The highest BCUT2D eigenvalue weighted by molar-refractivity contribution is 9.10. The maximum absolute atomic E-state index is 13.9. The zero-order valence-corrected chi connectivity index (χ0v) is 18.0. The first-order valence-corrected chi connectivity index (χ1v) is 10.2. The molecule has 1 aliphatic rings. The minimum absolute atomic E-state index is 0.0975. The Morgan fingerprint density at radius 1 is 1.21 bits per heavy atom. The predicted molar refractivity (Wildman–Crippen MR) is 107 cm³/mol. The van der Waals surface area contributed by atoms with Crippen LogP contribution in [0.1, 0.15) is 23.9 Å². The van der Waals surface area contributed by atoms with Crippen molar-refractivity contribution in [1.82, 2.24) is 19.6 Å². The second-order valence-corrected chi connectivity index (χ2v) is 8.18. The third kappa shape index (κ3) is 4.43. The highest BCUT2D eigenvalue weighted by Gasteiger charge is 2.26. The second kappa shape index (κ2) is 8.69. The fourth-order valence-corrected chi connectivity index (χ4v) is 3.82. The van der Waals surface area contributed by atoms with Crippen LogP contribution < -0.4 is 0 Å². The van der Waals surface area contributed by atoms with Crippen LogP contribution in [0.3, 0.4) is 0 Å².